The highest BCUT2D eigenvalue weighted by Crippen LogP contribution is 2.40. The second kappa shape index (κ2) is 9.97. The number of nitrogens with one attached hydrogen (secondary N) is 2. The number of hydrogen-bond donors (Lipinski definition) is 2. The number of anilines is 2. The average molecular weight is 522 g/mol. The zero-order valence-corrected chi connectivity index (χ0v) is 22.3. The maximum atomic E-state index is 13.2. The summed E-state index contributed by atoms with van der Waals surface area (Å²) in [4.78, 5) is 37.9. The van der Waals surface area contributed by atoms with Crippen LogP contribution in [0.15, 0.2) is 36.9 Å². The lowest BCUT2D eigenvalue weighted by Crippen LogP contribution is -2.41. The van der Waals surface area contributed by atoms with E-state index in [2.05, 4.69) is 25.7 Å². The zero-order valence-electron chi connectivity index (χ0n) is 21.4. The molecule has 0 saturated carbocycles. The smallest absolute Gasteiger partial charge is 0.407 e. The molecule has 1 atom stereocenters. The first kappa shape index (κ1) is 24.9. The van der Waals surface area contributed by atoms with Gasteiger partial charge in [-0.1, -0.05) is 0 Å². The van der Waals surface area contributed by atoms with Crippen molar-refractivity contribution in [3.63, 3.8) is 0 Å². The molecule has 4 aromatic rings. The Balaban J connectivity index is 1.25. The first-order chi connectivity index (χ1) is 17.7. The summed E-state index contributed by atoms with van der Waals surface area (Å²) < 4.78 is 7.07. The second-order valence-corrected chi connectivity index (χ2v) is 11.4. The van der Waals surface area contributed by atoms with E-state index < -0.39 is 11.7 Å². The number of amides is 2. The van der Waals surface area contributed by atoms with Crippen LogP contribution < -0.4 is 10.6 Å². The molecule has 0 bridgehead atoms. The third-order valence-electron chi connectivity index (χ3n) is 6.35. The number of thiophene rings is 1. The van der Waals surface area contributed by atoms with Crippen molar-refractivity contribution in [3.05, 3.63) is 47.4 Å². The number of ether oxygens (including phenoxy) is 1. The van der Waals surface area contributed by atoms with Crippen LogP contribution in [0.2, 0.25) is 0 Å². The lowest BCUT2D eigenvalue weighted by Gasteiger charge is -2.27. The number of carbonyl (C=O) groups is 2. The Bertz CT molecular complexity index is 1460. The van der Waals surface area contributed by atoms with E-state index in [-0.39, 0.29) is 11.8 Å². The van der Waals surface area contributed by atoms with Crippen LogP contribution in [0.1, 0.15) is 37.6 Å². The molecule has 0 spiro atoms. The quantitative estimate of drug-likeness (QED) is 0.391. The van der Waals surface area contributed by atoms with Crippen molar-refractivity contribution in [2.24, 2.45) is 5.92 Å². The molecule has 0 radical (unpaired) electrons. The summed E-state index contributed by atoms with van der Waals surface area (Å²) in [7, 11) is 1.78. The average Bonchev–Trinajstić information content (AvgIpc) is 3.46. The highest BCUT2D eigenvalue weighted by molar-refractivity contribution is 7.19. The van der Waals surface area contributed by atoms with E-state index in [0.717, 1.165) is 40.1 Å². The van der Waals surface area contributed by atoms with E-state index in [9.17, 15) is 9.59 Å². The predicted octanol–water partition coefficient (Wildman–Crippen LogP) is 4.17. The Kier molecular flexibility index (Phi) is 6.72. The van der Waals surface area contributed by atoms with E-state index in [1.165, 1.54) is 10.4 Å². The zero-order chi connectivity index (χ0) is 26.2. The van der Waals surface area contributed by atoms with Gasteiger partial charge in [0.15, 0.2) is 0 Å². The van der Waals surface area contributed by atoms with Crippen LogP contribution in [-0.4, -0.2) is 62.2 Å². The van der Waals surface area contributed by atoms with E-state index in [4.69, 9.17) is 4.74 Å². The highest BCUT2D eigenvalue weighted by atomic mass is 32.1. The van der Waals surface area contributed by atoms with Gasteiger partial charge in [-0.2, -0.15) is 5.10 Å². The SMILES string of the molecule is CN(CCNC(=O)OC(C)(C)C)C(=O)[C@H]1CCc2c(sc3ncnc(Nc4ccn5nccc5c4)c23)C1. The number of nitrogens with zero attached hydrogens (tertiary/aromatic N) is 5. The van der Waals surface area contributed by atoms with E-state index >= 15 is 0 Å². The number of likely N-dealkylation sites (N-methyl/N-ethyl adjacent to an activating group) is 1. The lowest BCUT2D eigenvalue weighted by atomic mass is 9.87. The van der Waals surface area contributed by atoms with Gasteiger partial charge < -0.3 is 20.3 Å². The normalized spacial score (nSPS) is 15.4. The van der Waals surface area contributed by atoms with Crippen molar-refractivity contribution >= 4 is 50.6 Å². The first-order valence-electron chi connectivity index (χ1n) is 12.4. The molecule has 2 N–H and O–H groups in total. The minimum Gasteiger partial charge on any atom is -0.444 e. The molecule has 0 saturated heterocycles. The van der Waals surface area contributed by atoms with Gasteiger partial charge in [-0.15, -0.1) is 11.3 Å². The molecule has 5 rings (SSSR count). The molecule has 1 aliphatic rings. The van der Waals surface area contributed by atoms with Gasteiger partial charge in [0.2, 0.25) is 5.91 Å². The van der Waals surface area contributed by atoms with Gasteiger partial charge in [0.1, 0.15) is 22.6 Å². The van der Waals surface area contributed by atoms with Gasteiger partial charge in [-0.3, -0.25) is 4.79 Å². The van der Waals surface area contributed by atoms with Crippen LogP contribution in [0.4, 0.5) is 16.3 Å². The molecule has 0 aromatic carbocycles. The second-order valence-electron chi connectivity index (χ2n) is 10.3. The number of fused-ring (bicyclic) bond motifs is 4. The first-order valence-corrected chi connectivity index (χ1v) is 13.2. The van der Waals surface area contributed by atoms with Gasteiger partial charge in [-0.25, -0.2) is 19.3 Å². The maximum absolute atomic E-state index is 13.2. The molecular formula is C26H31N7O3S. The number of alkyl carbamates (subject to hydrolysis) is 1. The van der Waals surface area contributed by atoms with E-state index in [1.807, 2.05) is 49.7 Å². The van der Waals surface area contributed by atoms with Crippen LogP contribution >= 0.6 is 11.3 Å². The predicted molar refractivity (Wildman–Crippen MR) is 143 cm³/mol. The molecule has 1 aliphatic carbocycles. The summed E-state index contributed by atoms with van der Waals surface area (Å²) in [5, 5.41) is 11.5. The molecule has 10 nitrogen and oxygen atoms in total. The maximum Gasteiger partial charge on any atom is 0.407 e. The molecule has 2 amide bonds. The molecule has 194 valence electrons. The lowest BCUT2D eigenvalue weighted by molar-refractivity contribution is -0.134. The Hall–Kier alpha value is -3.73. The van der Waals surface area contributed by atoms with Crippen molar-refractivity contribution < 1.29 is 14.3 Å². The number of pyridine rings is 1. The number of rotatable bonds is 6. The largest absolute Gasteiger partial charge is 0.444 e. The molecular weight excluding hydrogens is 490 g/mol. The highest BCUT2D eigenvalue weighted by Gasteiger charge is 2.30. The Morgan fingerprint density at radius 3 is 2.92 bits per heavy atom. The van der Waals surface area contributed by atoms with Crippen LogP contribution in [0.25, 0.3) is 15.7 Å². The van der Waals surface area contributed by atoms with E-state index in [0.29, 0.717) is 19.5 Å². The molecule has 0 aliphatic heterocycles. The number of carbonyl (C=O) groups excluding carboxylic acids is 2. The minimum atomic E-state index is -0.552. The van der Waals surface area contributed by atoms with Crippen LogP contribution in [-0.2, 0) is 22.4 Å². The van der Waals surface area contributed by atoms with Crippen LogP contribution in [0.3, 0.4) is 0 Å². The topological polar surface area (TPSA) is 114 Å². The number of aryl methyl sites for hydroxylation is 1. The van der Waals surface area contributed by atoms with Gasteiger partial charge in [0.05, 0.1) is 10.9 Å². The third-order valence-corrected chi connectivity index (χ3v) is 7.51. The van der Waals surface area contributed by atoms with E-state index in [1.54, 1.807) is 35.8 Å². The van der Waals surface area contributed by atoms with Crippen molar-refractivity contribution in [1.82, 2.24) is 29.8 Å². The molecule has 4 aromatic heterocycles. The standard InChI is InChI=1S/C26H31N7O3S/c1-26(2,3)36-25(35)27-10-12-32(4)24(34)16-5-6-19-20(13-16)37-23-21(19)22(28-15-29-23)31-17-8-11-33-18(14-17)7-9-30-33/h7-9,11,14-16H,5-6,10,12-13H2,1-4H3,(H,27,35)(H,28,29,31)/t16-/m0/s1. The summed E-state index contributed by atoms with van der Waals surface area (Å²) in [6.07, 6.45) is 7.02. The van der Waals surface area contributed by atoms with Gasteiger partial charge in [0.25, 0.3) is 0 Å². The summed E-state index contributed by atoms with van der Waals surface area (Å²) >= 11 is 1.64. The Morgan fingerprint density at radius 1 is 1.27 bits per heavy atom. The number of hydrogen-bond acceptors (Lipinski definition) is 8. The Morgan fingerprint density at radius 2 is 2.11 bits per heavy atom. The van der Waals surface area contributed by atoms with Gasteiger partial charge >= 0.3 is 6.09 Å². The van der Waals surface area contributed by atoms with Gasteiger partial charge in [0, 0.05) is 49.0 Å². The fourth-order valence-electron chi connectivity index (χ4n) is 4.61. The summed E-state index contributed by atoms with van der Waals surface area (Å²) in [6, 6.07) is 5.95. The Labute approximate surface area is 219 Å². The van der Waals surface area contributed by atoms with Gasteiger partial charge in [-0.05, 0) is 63.8 Å². The third kappa shape index (κ3) is 5.51. The molecule has 0 unspecified atom stereocenters. The van der Waals surface area contributed by atoms with Crippen LogP contribution in [0, 0.1) is 5.92 Å². The fraction of sp³-hybridized carbons (Fsp3) is 0.423. The molecule has 4 heterocycles. The number of aromatic nitrogens is 4. The van der Waals surface area contributed by atoms with Crippen molar-refractivity contribution in [2.75, 3.05) is 25.5 Å². The molecule has 11 heteroatoms. The molecule has 37 heavy (non-hydrogen) atoms. The molecule has 0 fully saturated rings. The van der Waals surface area contributed by atoms with Crippen LogP contribution in [0.5, 0.6) is 0 Å². The minimum absolute atomic E-state index is 0.0904. The van der Waals surface area contributed by atoms with Crippen molar-refractivity contribution in [2.45, 2.75) is 45.6 Å². The summed E-state index contributed by atoms with van der Waals surface area (Å²) in [6.45, 7) is 6.22. The van der Waals surface area contributed by atoms with Crippen molar-refractivity contribution in [3.8, 4) is 0 Å². The van der Waals surface area contributed by atoms with Crippen molar-refractivity contribution in [1.29, 1.82) is 0 Å². The monoisotopic (exact) mass is 521 g/mol. The summed E-state index contributed by atoms with van der Waals surface area (Å²) in [5.74, 6) is 0.773. The fourth-order valence-corrected chi connectivity index (χ4v) is 5.88. The summed E-state index contributed by atoms with van der Waals surface area (Å²) in [5.41, 5.74) is 2.60.